The van der Waals surface area contributed by atoms with Gasteiger partial charge in [-0.2, -0.15) is 0 Å². The summed E-state index contributed by atoms with van der Waals surface area (Å²) in [6.45, 7) is 0. The van der Waals surface area contributed by atoms with Crippen LogP contribution in [-0.4, -0.2) is 0 Å². The summed E-state index contributed by atoms with van der Waals surface area (Å²) in [5.74, 6) is 0. The van der Waals surface area contributed by atoms with Crippen molar-refractivity contribution in [3.8, 4) is 55.6 Å². The maximum absolute atomic E-state index is 6.48. The summed E-state index contributed by atoms with van der Waals surface area (Å²) in [5.41, 5.74) is 23.0. The number of para-hydroxylation sites is 4. The van der Waals surface area contributed by atoms with E-state index in [1.54, 1.807) is 0 Å². The van der Waals surface area contributed by atoms with Gasteiger partial charge >= 0.3 is 0 Å². The zero-order valence-corrected chi connectivity index (χ0v) is 41.4. The van der Waals surface area contributed by atoms with E-state index < -0.39 is 5.41 Å². The van der Waals surface area contributed by atoms with Gasteiger partial charge in [-0.05, 0) is 121 Å². The second-order valence-electron chi connectivity index (χ2n) is 19.9. The lowest BCUT2D eigenvalue weighted by Crippen LogP contribution is -2.28. The number of hydrogen-bond acceptors (Lipinski definition) is 3. The third-order valence-corrected chi connectivity index (χ3v) is 15.8. The van der Waals surface area contributed by atoms with Gasteiger partial charge in [-0.1, -0.05) is 231 Å². The van der Waals surface area contributed by atoms with Crippen LogP contribution in [0.3, 0.4) is 0 Å². The monoisotopic (exact) mass is 969 g/mol. The van der Waals surface area contributed by atoms with Crippen molar-refractivity contribution in [2.45, 2.75) is 5.41 Å². The van der Waals surface area contributed by atoms with Crippen LogP contribution >= 0.6 is 0 Å². The first-order chi connectivity index (χ1) is 37.7. The molecule has 12 aromatic carbocycles. The summed E-state index contributed by atoms with van der Waals surface area (Å²) in [6, 6.07) is 103. The Morgan fingerprint density at radius 1 is 0.250 bits per heavy atom. The summed E-state index contributed by atoms with van der Waals surface area (Å²) in [7, 11) is 0. The molecule has 0 atom stereocenters. The van der Waals surface area contributed by atoms with E-state index in [2.05, 4.69) is 266 Å². The topological polar surface area (TPSA) is 29.5 Å². The van der Waals surface area contributed by atoms with Crippen molar-refractivity contribution in [3.05, 3.63) is 307 Å². The van der Waals surface area contributed by atoms with Crippen LogP contribution in [0.25, 0.3) is 99.5 Å². The molecule has 3 nitrogen and oxygen atoms in total. The Bertz CT molecular complexity index is 4290. The first-order valence-electron chi connectivity index (χ1n) is 26.1. The van der Waals surface area contributed by atoms with Crippen molar-refractivity contribution in [2.24, 2.45) is 0 Å². The fourth-order valence-corrected chi connectivity index (χ4v) is 12.3. The molecule has 2 heterocycles. The molecule has 76 heavy (non-hydrogen) atoms. The highest BCUT2D eigenvalue weighted by atomic mass is 16.3. The van der Waals surface area contributed by atoms with Crippen molar-refractivity contribution in [3.63, 3.8) is 0 Å². The van der Waals surface area contributed by atoms with Gasteiger partial charge in [0.2, 0.25) is 0 Å². The maximum Gasteiger partial charge on any atom is 0.143 e. The lowest BCUT2D eigenvalue weighted by Gasteiger charge is -2.33. The van der Waals surface area contributed by atoms with Crippen LogP contribution in [0, 0.1) is 0 Å². The van der Waals surface area contributed by atoms with Crippen LogP contribution in [0.2, 0.25) is 0 Å². The van der Waals surface area contributed by atoms with Crippen molar-refractivity contribution < 1.29 is 8.83 Å². The number of furan rings is 2. The van der Waals surface area contributed by atoms with E-state index in [1.165, 1.54) is 44.5 Å². The van der Waals surface area contributed by atoms with Crippen molar-refractivity contribution in [2.75, 3.05) is 4.90 Å². The van der Waals surface area contributed by atoms with Crippen molar-refractivity contribution in [1.82, 2.24) is 0 Å². The Balaban J connectivity index is 0.797. The Morgan fingerprint density at radius 3 is 1.24 bits per heavy atom. The molecule has 356 valence electrons. The molecule has 2 aromatic heterocycles. The van der Waals surface area contributed by atoms with Gasteiger partial charge in [0.05, 0.1) is 5.41 Å². The standard InChI is InChI=1S/C73H47NO2/c1-3-17-54(18-4-1)73(55-19-5-2-6-20-55)67-29-10-7-22-61(67)66-47-53(40-45-68(66)73)49-34-32-48(33-35-49)52-16-13-21-58(46-52)74(56-41-36-50(37-42-56)59-25-14-27-64-62-23-8-11-30-69(62)75-71(59)64)57-43-38-51(39-44-57)60-26-15-28-65-63-24-9-12-31-70(63)76-72(60)65/h1-47H. The third-order valence-electron chi connectivity index (χ3n) is 15.8. The SMILES string of the molecule is c1ccc(C2(c3ccccc3)c3ccccc3-c3cc(-c4ccc(-c5cccc(N(c6ccc(-c7cccc8c7oc7ccccc78)cc6)c6ccc(-c7cccc8c7oc7ccccc78)cc6)c5)cc4)ccc32)cc1. The van der Waals surface area contributed by atoms with E-state index in [1.807, 2.05) is 24.3 Å². The summed E-state index contributed by atoms with van der Waals surface area (Å²) in [4.78, 5) is 2.35. The summed E-state index contributed by atoms with van der Waals surface area (Å²) >= 11 is 0. The molecule has 0 saturated heterocycles. The number of nitrogens with zero attached hydrogens (tertiary/aromatic N) is 1. The molecule has 0 unspecified atom stereocenters. The Morgan fingerprint density at radius 2 is 0.671 bits per heavy atom. The molecule has 0 spiro atoms. The first-order valence-corrected chi connectivity index (χ1v) is 26.1. The van der Waals surface area contributed by atoms with Crippen LogP contribution in [0.4, 0.5) is 17.1 Å². The molecule has 15 rings (SSSR count). The van der Waals surface area contributed by atoms with E-state index >= 15 is 0 Å². The van der Waals surface area contributed by atoms with Crippen LogP contribution < -0.4 is 4.90 Å². The molecular formula is C73H47NO2. The third kappa shape index (κ3) is 6.90. The Hall–Kier alpha value is -9.96. The highest BCUT2D eigenvalue weighted by Gasteiger charge is 2.46. The molecular weight excluding hydrogens is 923 g/mol. The second-order valence-corrected chi connectivity index (χ2v) is 19.9. The van der Waals surface area contributed by atoms with E-state index in [4.69, 9.17) is 8.83 Å². The zero-order chi connectivity index (χ0) is 50.2. The van der Waals surface area contributed by atoms with Gasteiger partial charge in [-0.3, -0.25) is 0 Å². The summed E-state index contributed by atoms with van der Waals surface area (Å²) < 4.78 is 13.0. The van der Waals surface area contributed by atoms with Crippen LogP contribution in [-0.2, 0) is 5.41 Å². The Kier molecular flexibility index (Phi) is 10.1. The van der Waals surface area contributed by atoms with Gasteiger partial charge in [0.15, 0.2) is 0 Å². The van der Waals surface area contributed by atoms with Crippen LogP contribution in [0.15, 0.2) is 294 Å². The quantitative estimate of drug-likeness (QED) is 0.144. The average molecular weight is 970 g/mol. The normalized spacial score (nSPS) is 12.6. The van der Waals surface area contributed by atoms with Gasteiger partial charge < -0.3 is 13.7 Å². The van der Waals surface area contributed by atoms with E-state index in [9.17, 15) is 0 Å². The molecule has 0 amide bonds. The van der Waals surface area contributed by atoms with Gasteiger partial charge in [-0.15, -0.1) is 0 Å². The molecule has 1 aliphatic carbocycles. The highest BCUT2D eigenvalue weighted by Crippen LogP contribution is 2.57. The highest BCUT2D eigenvalue weighted by molar-refractivity contribution is 6.11. The molecule has 0 N–H and O–H groups in total. The fourth-order valence-electron chi connectivity index (χ4n) is 12.3. The summed E-state index contributed by atoms with van der Waals surface area (Å²) in [5, 5.41) is 4.49. The molecule has 14 aromatic rings. The van der Waals surface area contributed by atoms with Crippen molar-refractivity contribution in [1.29, 1.82) is 0 Å². The lowest BCUT2D eigenvalue weighted by molar-refractivity contribution is 0.669. The average Bonchev–Trinajstić information content (AvgIpc) is 4.22. The van der Waals surface area contributed by atoms with Crippen LogP contribution in [0.1, 0.15) is 22.3 Å². The number of benzene rings is 12. The molecule has 0 saturated carbocycles. The predicted molar refractivity (Wildman–Crippen MR) is 315 cm³/mol. The number of hydrogen-bond donors (Lipinski definition) is 0. The zero-order valence-electron chi connectivity index (χ0n) is 41.4. The minimum absolute atomic E-state index is 0.423. The van der Waals surface area contributed by atoms with Gasteiger partial charge in [0, 0.05) is 49.7 Å². The smallest absolute Gasteiger partial charge is 0.143 e. The van der Waals surface area contributed by atoms with Gasteiger partial charge in [-0.25, -0.2) is 0 Å². The minimum atomic E-state index is -0.423. The summed E-state index contributed by atoms with van der Waals surface area (Å²) in [6.07, 6.45) is 0. The molecule has 0 bridgehead atoms. The molecule has 1 aliphatic rings. The fraction of sp³-hybridized carbons (Fsp3) is 0.0137. The van der Waals surface area contributed by atoms with E-state index in [0.29, 0.717) is 0 Å². The number of anilines is 3. The second kappa shape index (κ2) is 17.6. The van der Waals surface area contributed by atoms with Gasteiger partial charge in [0.1, 0.15) is 22.3 Å². The molecule has 0 aliphatic heterocycles. The van der Waals surface area contributed by atoms with Crippen LogP contribution in [0.5, 0.6) is 0 Å². The largest absolute Gasteiger partial charge is 0.455 e. The number of rotatable bonds is 9. The predicted octanol–water partition coefficient (Wildman–Crippen LogP) is 20.0. The maximum atomic E-state index is 6.48. The number of fused-ring (bicyclic) bond motifs is 9. The lowest BCUT2D eigenvalue weighted by atomic mass is 9.67. The van der Waals surface area contributed by atoms with Gasteiger partial charge in [0.25, 0.3) is 0 Å². The molecule has 0 radical (unpaired) electrons. The molecule has 0 fully saturated rings. The van der Waals surface area contributed by atoms with E-state index in [-0.39, 0.29) is 0 Å². The molecule has 3 heteroatoms. The first kappa shape index (κ1) is 43.6. The van der Waals surface area contributed by atoms with Crippen molar-refractivity contribution >= 4 is 60.9 Å². The van der Waals surface area contributed by atoms with E-state index in [0.717, 1.165) is 94.3 Å². The Labute approximate surface area is 440 Å². The minimum Gasteiger partial charge on any atom is -0.455 e.